The number of halogens is 6. The van der Waals surface area contributed by atoms with Crippen LogP contribution in [-0.2, 0) is 39.9 Å². The molecule has 0 saturated heterocycles. The number of carbonyl (C=O) groups is 2. The molecule has 2 heterocycles. The summed E-state index contributed by atoms with van der Waals surface area (Å²) >= 11 is 3.17. The third kappa shape index (κ3) is 13.6. The molecule has 0 saturated carbocycles. The molecule has 0 amide bonds. The maximum atomic E-state index is 12.8. The minimum atomic E-state index is -4.37. The number of ether oxygens (including phenoxy) is 2. The predicted octanol–water partition coefficient (Wildman–Crippen LogP) is 13.7. The monoisotopic (exact) mass is 914 g/mol. The zero-order valence-corrected chi connectivity index (χ0v) is 36.4. The summed E-state index contributed by atoms with van der Waals surface area (Å²) in [4.78, 5) is 23.5. The van der Waals surface area contributed by atoms with E-state index in [-0.39, 0.29) is 12.5 Å². The van der Waals surface area contributed by atoms with Gasteiger partial charge in [-0.25, -0.2) is 9.59 Å². The quantitative estimate of drug-likeness (QED) is 0.0717. The van der Waals surface area contributed by atoms with E-state index in [0.717, 1.165) is 56.3 Å². The summed E-state index contributed by atoms with van der Waals surface area (Å²) in [5.41, 5.74) is 3.51. The Labute approximate surface area is 368 Å². The molecule has 4 aromatic carbocycles. The average molecular weight is 915 g/mol. The predicted molar refractivity (Wildman–Crippen MR) is 230 cm³/mol. The first-order valence-corrected chi connectivity index (χ1v) is 21.4. The lowest BCUT2D eigenvalue weighted by Crippen LogP contribution is -2.10. The molecule has 0 aliphatic carbocycles. The molecule has 2 aromatic heterocycles. The Morgan fingerprint density at radius 1 is 0.603 bits per heavy atom. The topological polar surface area (TPSA) is 119 Å². The van der Waals surface area contributed by atoms with Crippen molar-refractivity contribution in [3.8, 4) is 34.1 Å². The van der Waals surface area contributed by atoms with E-state index in [4.69, 9.17) is 28.5 Å². The van der Waals surface area contributed by atoms with Crippen molar-refractivity contribution < 1.29 is 64.5 Å². The number of hydrogen-bond acceptors (Lipinski definition) is 8. The Balaban J connectivity index is 0.000000238. The van der Waals surface area contributed by atoms with Gasteiger partial charge in [0, 0.05) is 43.6 Å². The van der Waals surface area contributed by atoms with Crippen molar-refractivity contribution in [3.05, 3.63) is 142 Å². The van der Waals surface area contributed by atoms with Crippen molar-refractivity contribution >= 4 is 35.5 Å². The molecule has 334 valence electrons. The summed E-state index contributed by atoms with van der Waals surface area (Å²) in [6.45, 7) is 8.85. The van der Waals surface area contributed by atoms with Crippen molar-refractivity contribution in [1.82, 2.24) is 0 Å². The van der Waals surface area contributed by atoms with E-state index >= 15 is 0 Å². The van der Waals surface area contributed by atoms with Crippen LogP contribution in [0.3, 0.4) is 0 Å². The molecule has 0 radical (unpaired) electrons. The Morgan fingerprint density at radius 3 is 1.41 bits per heavy atom. The lowest BCUT2D eigenvalue weighted by molar-refractivity contribution is -0.140. The molecule has 0 aliphatic rings. The van der Waals surface area contributed by atoms with Crippen LogP contribution in [0.5, 0.6) is 11.5 Å². The Hall–Kier alpha value is -5.74. The van der Waals surface area contributed by atoms with E-state index in [0.29, 0.717) is 63.6 Å². The highest BCUT2D eigenvalue weighted by molar-refractivity contribution is 7.98. The molecule has 16 heteroatoms. The number of alkyl halides is 6. The fourth-order valence-corrected chi connectivity index (χ4v) is 8.10. The van der Waals surface area contributed by atoms with E-state index in [1.165, 1.54) is 24.3 Å². The fraction of sp³-hybridized carbons (Fsp3) is 0.277. The Kier molecular flexibility index (Phi) is 16.2. The van der Waals surface area contributed by atoms with Crippen LogP contribution in [0.25, 0.3) is 22.6 Å². The van der Waals surface area contributed by atoms with Crippen LogP contribution in [0.15, 0.2) is 116 Å². The first-order valence-electron chi connectivity index (χ1n) is 19.5. The molecule has 0 unspecified atom stereocenters. The van der Waals surface area contributed by atoms with Gasteiger partial charge in [0.15, 0.2) is 13.2 Å². The van der Waals surface area contributed by atoms with Crippen LogP contribution in [0.4, 0.5) is 26.3 Å². The minimum Gasteiger partial charge on any atom is -0.482 e. The van der Waals surface area contributed by atoms with Gasteiger partial charge in [0.25, 0.3) is 0 Å². The molecule has 8 nitrogen and oxygen atoms in total. The van der Waals surface area contributed by atoms with Crippen LogP contribution < -0.4 is 9.47 Å². The number of rotatable bonds is 16. The molecule has 0 atom stereocenters. The normalized spacial score (nSPS) is 11.6. The summed E-state index contributed by atoms with van der Waals surface area (Å²) < 4.78 is 98.8. The summed E-state index contributed by atoms with van der Waals surface area (Å²) in [5, 5.41) is 17.6. The van der Waals surface area contributed by atoms with Crippen molar-refractivity contribution in [3.63, 3.8) is 0 Å². The molecule has 6 rings (SSSR count). The fourth-order valence-electron chi connectivity index (χ4n) is 6.12. The minimum absolute atomic E-state index is 0.154. The number of benzene rings is 4. The van der Waals surface area contributed by atoms with Gasteiger partial charge in [0.1, 0.15) is 34.5 Å². The SMILES string of the molecule is CCc1cc(SCc2cc(-c3ccc(C(F)(F)F)cc3)oc2C)ccc1OCC(=O)O.Cc1oc(-c2ccc(C(F)(F)F)cc2)cc1CSc1ccc(OCC(=O)O)c(C(C)C)c1. The van der Waals surface area contributed by atoms with Gasteiger partial charge in [-0.15, -0.1) is 23.5 Å². The van der Waals surface area contributed by atoms with Gasteiger partial charge in [-0.1, -0.05) is 45.0 Å². The highest BCUT2D eigenvalue weighted by Crippen LogP contribution is 2.37. The number of thioether (sulfide) groups is 2. The molecule has 0 fully saturated rings. The van der Waals surface area contributed by atoms with Crippen molar-refractivity contribution in [2.45, 2.75) is 80.6 Å². The maximum Gasteiger partial charge on any atom is 0.416 e. The molecular formula is C47H44F6O8S2. The summed E-state index contributed by atoms with van der Waals surface area (Å²) in [7, 11) is 0. The summed E-state index contributed by atoms with van der Waals surface area (Å²) in [6.07, 6.45) is -8.04. The van der Waals surface area contributed by atoms with E-state index in [1.54, 1.807) is 35.7 Å². The van der Waals surface area contributed by atoms with Crippen molar-refractivity contribution in [2.24, 2.45) is 0 Å². The third-order valence-corrected chi connectivity index (χ3v) is 11.6. The van der Waals surface area contributed by atoms with Gasteiger partial charge in [-0.05, 0) is 110 Å². The van der Waals surface area contributed by atoms with Crippen LogP contribution in [0.2, 0.25) is 0 Å². The second kappa shape index (κ2) is 21.1. The first-order chi connectivity index (χ1) is 29.7. The molecule has 2 N–H and O–H groups in total. The van der Waals surface area contributed by atoms with Gasteiger partial charge in [0.2, 0.25) is 0 Å². The number of aliphatic carboxylic acids is 2. The van der Waals surface area contributed by atoms with E-state index in [2.05, 4.69) is 0 Å². The Morgan fingerprint density at radius 2 is 1.02 bits per heavy atom. The molecular weight excluding hydrogens is 871 g/mol. The van der Waals surface area contributed by atoms with Crippen LogP contribution in [-0.4, -0.2) is 35.4 Å². The number of carboxylic acids is 2. The standard InChI is InChI=1S/C24H23F3O4S.C23H21F3O4S/c1-14(2)20-11-19(8-9-21(20)30-12-23(28)29)32-13-17-10-22(31-15(17)3)16-4-6-18(7-5-16)24(25,26)27;1-3-15-10-19(8-9-20(15)29-12-22(27)28)31-13-17-11-21(30-14(17)2)16-4-6-18(7-5-16)23(24,25)26/h4-11,14H,12-13H2,1-3H3,(H,28,29);4-11H,3,12-13H2,1-2H3,(H,27,28). The highest BCUT2D eigenvalue weighted by Gasteiger charge is 2.31. The second-order valence-electron chi connectivity index (χ2n) is 14.5. The van der Waals surface area contributed by atoms with Gasteiger partial charge in [0.05, 0.1) is 11.1 Å². The van der Waals surface area contributed by atoms with E-state index < -0.39 is 42.0 Å². The highest BCUT2D eigenvalue weighted by atomic mass is 32.2. The lowest BCUT2D eigenvalue weighted by Gasteiger charge is -2.14. The molecule has 0 spiro atoms. The van der Waals surface area contributed by atoms with Crippen LogP contribution in [0, 0.1) is 13.8 Å². The van der Waals surface area contributed by atoms with E-state index in [1.807, 2.05) is 71.0 Å². The number of aryl methyl sites for hydroxylation is 3. The number of carboxylic acid groups (broad SMARTS) is 2. The number of hydrogen-bond donors (Lipinski definition) is 2. The van der Waals surface area contributed by atoms with Crippen LogP contribution in [0.1, 0.15) is 71.6 Å². The molecule has 0 bridgehead atoms. The van der Waals surface area contributed by atoms with Gasteiger partial charge in [-0.3, -0.25) is 0 Å². The largest absolute Gasteiger partial charge is 0.482 e. The zero-order valence-electron chi connectivity index (χ0n) is 34.8. The van der Waals surface area contributed by atoms with E-state index in [9.17, 15) is 35.9 Å². The molecule has 63 heavy (non-hydrogen) atoms. The third-order valence-electron chi connectivity index (χ3n) is 9.54. The van der Waals surface area contributed by atoms with Crippen molar-refractivity contribution in [1.29, 1.82) is 0 Å². The smallest absolute Gasteiger partial charge is 0.416 e. The molecule has 6 aromatic rings. The zero-order chi connectivity index (χ0) is 46.1. The number of furan rings is 2. The Bertz CT molecular complexity index is 2490. The van der Waals surface area contributed by atoms with Gasteiger partial charge in [-0.2, -0.15) is 26.3 Å². The summed E-state index contributed by atoms with van der Waals surface area (Å²) in [6, 6.07) is 24.7. The van der Waals surface area contributed by atoms with Crippen LogP contribution >= 0.6 is 23.5 Å². The first kappa shape index (κ1) is 48.3. The van der Waals surface area contributed by atoms with Gasteiger partial charge >= 0.3 is 24.3 Å². The maximum absolute atomic E-state index is 12.8. The second-order valence-corrected chi connectivity index (χ2v) is 16.6. The van der Waals surface area contributed by atoms with Crippen molar-refractivity contribution in [2.75, 3.05) is 13.2 Å². The van der Waals surface area contributed by atoms with Gasteiger partial charge < -0.3 is 28.5 Å². The average Bonchev–Trinajstić information content (AvgIpc) is 3.81. The summed E-state index contributed by atoms with van der Waals surface area (Å²) in [5.74, 6) is 2.89. The lowest BCUT2D eigenvalue weighted by atomic mass is 10.0. The molecule has 0 aliphatic heterocycles.